The molecule has 0 fully saturated rings. The Morgan fingerprint density at radius 3 is 2.84 bits per heavy atom. The first-order valence-electron chi connectivity index (χ1n) is 6.16. The molecule has 100 valence electrons. The second kappa shape index (κ2) is 5.99. The number of anilines is 1. The van der Waals surface area contributed by atoms with Crippen molar-refractivity contribution in [3.05, 3.63) is 42.0 Å². The van der Waals surface area contributed by atoms with Gasteiger partial charge in [0.2, 0.25) is 0 Å². The summed E-state index contributed by atoms with van der Waals surface area (Å²) in [5.74, 6) is 0. The lowest BCUT2D eigenvalue weighted by Gasteiger charge is -2.05. The number of pyridine rings is 1. The average Bonchev–Trinajstić information content (AvgIpc) is 2.86. The molecule has 6 nitrogen and oxygen atoms in total. The van der Waals surface area contributed by atoms with Crippen LogP contribution >= 0.6 is 0 Å². The monoisotopic (exact) mass is 259 g/mol. The van der Waals surface area contributed by atoms with E-state index in [4.69, 9.17) is 0 Å². The number of hydrogen-bond acceptors (Lipinski definition) is 3. The van der Waals surface area contributed by atoms with Crippen LogP contribution in [-0.4, -0.2) is 20.8 Å². The topological polar surface area (TPSA) is 71.8 Å². The highest BCUT2D eigenvalue weighted by atomic mass is 16.2. The molecule has 2 aromatic rings. The summed E-state index contributed by atoms with van der Waals surface area (Å²) in [7, 11) is 0. The van der Waals surface area contributed by atoms with Gasteiger partial charge in [-0.15, -0.1) is 0 Å². The predicted molar refractivity (Wildman–Crippen MR) is 72.7 cm³/mol. The summed E-state index contributed by atoms with van der Waals surface area (Å²) in [4.78, 5) is 15.8. The van der Waals surface area contributed by atoms with Crippen molar-refractivity contribution in [1.82, 2.24) is 20.1 Å². The molecule has 19 heavy (non-hydrogen) atoms. The minimum atomic E-state index is -0.253. The van der Waals surface area contributed by atoms with Gasteiger partial charge in [0.25, 0.3) is 0 Å². The van der Waals surface area contributed by atoms with Gasteiger partial charge in [-0.05, 0) is 25.5 Å². The van der Waals surface area contributed by atoms with Gasteiger partial charge in [0.15, 0.2) is 0 Å². The molecule has 0 aromatic carbocycles. The molecule has 0 saturated carbocycles. The molecule has 2 aromatic heterocycles. The van der Waals surface area contributed by atoms with Crippen molar-refractivity contribution >= 4 is 11.7 Å². The fourth-order valence-corrected chi connectivity index (χ4v) is 1.56. The Bertz CT molecular complexity index is 546. The summed E-state index contributed by atoms with van der Waals surface area (Å²) in [6.07, 6.45) is 5.16. The number of carbonyl (C=O) groups excluding carboxylic acids is 1. The summed E-state index contributed by atoms with van der Waals surface area (Å²) in [6, 6.07) is 3.61. The molecule has 0 bridgehead atoms. The van der Waals surface area contributed by atoms with E-state index in [1.807, 2.05) is 26.0 Å². The number of carbonyl (C=O) groups is 1. The van der Waals surface area contributed by atoms with Gasteiger partial charge in [-0.3, -0.25) is 9.67 Å². The van der Waals surface area contributed by atoms with Crippen molar-refractivity contribution < 1.29 is 4.79 Å². The summed E-state index contributed by atoms with van der Waals surface area (Å²) in [6.45, 7) is 5.13. The Balaban J connectivity index is 1.82. The smallest absolute Gasteiger partial charge is 0.319 e. The summed E-state index contributed by atoms with van der Waals surface area (Å²) >= 11 is 0. The van der Waals surface area contributed by atoms with E-state index in [1.54, 1.807) is 23.3 Å². The van der Waals surface area contributed by atoms with Gasteiger partial charge < -0.3 is 10.6 Å². The SMILES string of the molecule is CCn1cc(NC(=O)NCc2ccc(C)nc2)cn1. The van der Waals surface area contributed by atoms with E-state index in [9.17, 15) is 4.79 Å². The van der Waals surface area contributed by atoms with Crippen molar-refractivity contribution in [3.8, 4) is 0 Å². The van der Waals surface area contributed by atoms with Crippen LogP contribution in [0.3, 0.4) is 0 Å². The molecule has 0 aliphatic heterocycles. The second-order valence-corrected chi connectivity index (χ2v) is 4.20. The third-order valence-corrected chi connectivity index (χ3v) is 2.64. The van der Waals surface area contributed by atoms with Gasteiger partial charge in [0.05, 0.1) is 11.9 Å². The van der Waals surface area contributed by atoms with E-state index in [0.29, 0.717) is 12.2 Å². The molecule has 0 aliphatic carbocycles. The van der Waals surface area contributed by atoms with E-state index < -0.39 is 0 Å². The summed E-state index contributed by atoms with van der Waals surface area (Å²) < 4.78 is 1.75. The van der Waals surface area contributed by atoms with E-state index >= 15 is 0 Å². The van der Waals surface area contributed by atoms with Gasteiger partial charge in [0, 0.05) is 31.2 Å². The van der Waals surface area contributed by atoms with E-state index in [-0.39, 0.29) is 6.03 Å². The van der Waals surface area contributed by atoms with Gasteiger partial charge in [-0.25, -0.2) is 4.79 Å². The molecule has 6 heteroatoms. The third kappa shape index (κ3) is 3.80. The molecular formula is C13H17N5O. The van der Waals surface area contributed by atoms with Crippen molar-refractivity contribution in [2.45, 2.75) is 26.9 Å². The lowest BCUT2D eigenvalue weighted by Crippen LogP contribution is -2.28. The van der Waals surface area contributed by atoms with E-state index in [1.165, 1.54) is 0 Å². The molecule has 0 aliphatic rings. The molecule has 0 spiro atoms. The normalized spacial score (nSPS) is 10.2. The minimum absolute atomic E-state index is 0.253. The molecule has 0 radical (unpaired) electrons. The number of rotatable bonds is 4. The maximum Gasteiger partial charge on any atom is 0.319 e. The third-order valence-electron chi connectivity index (χ3n) is 2.64. The Labute approximate surface area is 111 Å². The second-order valence-electron chi connectivity index (χ2n) is 4.20. The maximum absolute atomic E-state index is 11.7. The Kier molecular flexibility index (Phi) is 4.12. The largest absolute Gasteiger partial charge is 0.334 e. The van der Waals surface area contributed by atoms with Crippen LogP contribution in [0.4, 0.5) is 10.5 Å². The number of nitrogens with zero attached hydrogens (tertiary/aromatic N) is 3. The molecule has 0 unspecified atom stereocenters. The first-order chi connectivity index (χ1) is 9.17. The molecular weight excluding hydrogens is 242 g/mol. The standard InChI is InChI=1S/C13H17N5O/c1-3-18-9-12(8-16-18)17-13(19)15-7-11-5-4-10(2)14-6-11/h4-6,8-9H,3,7H2,1-2H3,(H2,15,17,19). The number of aryl methyl sites for hydroxylation is 2. The van der Waals surface area contributed by atoms with E-state index in [2.05, 4.69) is 20.7 Å². The number of nitrogens with one attached hydrogen (secondary N) is 2. The van der Waals surface area contributed by atoms with Crippen LogP contribution in [0, 0.1) is 6.92 Å². The van der Waals surface area contributed by atoms with Crippen molar-refractivity contribution in [2.24, 2.45) is 0 Å². The predicted octanol–water partition coefficient (Wildman–Crippen LogP) is 1.93. The number of hydrogen-bond donors (Lipinski definition) is 2. The fraction of sp³-hybridized carbons (Fsp3) is 0.308. The molecule has 2 heterocycles. The lowest BCUT2D eigenvalue weighted by atomic mass is 10.2. The van der Waals surface area contributed by atoms with Crippen LogP contribution in [0.2, 0.25) is 0 Å². The summed E-state index contributed by atoms with van der Waals surface area (Å²) in [5, 5.41) is 9.57. The highest BCUT2D eigenvalue weighted by Crippen LogP contribution is 2.04. The van der Waals surface area contributed by atoms with Crippen molar-refractivity contribution in [2.75, 3.05) is 5.32 Å². The first kappa shape index (κ1) is 13.1. The van der Waals surface area contributed by atoms with Crippen molar-refractivity contribution in [3.63, 3.8) is 0 Å². The van der Waals surface area contributed by atoms with Crippen LogP contribution < -0.4 is 10.6 Å². The van der Waals surface area contributed by atoms with Crippen LogP contribution in [0.5, 0.6) is 0 Å². The van der Waals surface area contributed by atoms with Crippen LogP contribution in [0.25, 0.3) is 0 Å². The first-order valence-corrected chi connectivity index (χ1v) is 6.16. The minimum Gasteiger partial charge on any atom is -0.334 e. The van der Waals surface area contributed by atoms with Gasteiger partial charge in [-0.2, -0.15) is 5.10 Å². The zero-order valence-corrected chi connectivity index (χ0v) is 11.1. The molecule has 2 rings (SSSR count). The van der Waals surface area contributed by atoms with Crippen LogP contribution in [0.15, 0.2) is 30.7 Å². The Morgan fingerprint density at radius 2 is 2.21 bits per heavy atom. The number of aromatic nitrogens is 3. The van der Waals surface area contributed by atoms with Crippen molar-refractivity contribution in [1.29, 1.82) is 0 Å². The summed E-state index contributed by atoms with van der Waals surface area (Å²) in [5.41, 5.74) is 2.60. The molecule has 2 amide bonds. The zero-order valence-electron chi connectivity index (χ0n) is 11.1. The van der Waals surface area contributed by atoms with E-state index in [0.717, 1.165) is 17.8 Å². The molecule has 0 atom stereocenters. The Hall–Kier alpha value is -2.37. The van der Waals surface area contributed by atoms with Gasteiger partial charge >= 0.3 is 6.03 Å². The lowest BCUT2D eigenvalue weighted by molar-refractivity contribution is 0.251. The zero-order chi connectivity index (χ0) is 13.7. The van der Waals surface area contributed by atoms with Crippen LogP contribution in [0.1, 0.15) is 18.2 Å². The number of amides is 2. The molecule has 0 saturated heterocycles. The van der Waals surface area contributed by atoms with Crippen LogP contribution in [-0.2, 0) is 13.1 Å². The van der Waals surface area contributed by atoms with Gasteiger partial charge in [0.1, 0.15) is 0 Å². The maximum atomic E-state index is 11.7. The highest BCUT2D eigenvalue weighted by Gasteiger charge is 2.03. The molecule has 2 N–H and O–H groups in total. The highest BCUT2D eigenvalue weighted by molar-refractivity contribution is 5.88. The average molecular weight is 259 g/mol. The Morgan fingerprint density at radius 1 is 1.37 bits per heavy atom. The van der Waals surface area contributed by atoms with Gasteiger partial charge in [-0.1, -0.05) is 6.07 Å². The fourth-order valence-electron chi connectivity index (χ4n) is 1.56. The quantitative estimate of drug-likeness (QED) is 0.881. The number of urea groups is 1.